The van der Waals surface area contributed by atoms with Crippen LogP contribution in [0.25, 0.3) is 10.9 Å². The van der Waals surface area contributed by atoms with Crippen molar-refractivity contribution in [2.24, 2.45) is 0 Å². The second kappa shape index (κ2) is 8.14. The Morgan fingerprint density at radius 3 is 2.55 bits per heavy atom. The summed E-state index contributed by atoms with van der Waals surface area (Å²) < 4.78 is 3.01. The second-order valence-electron chi connectivity index (χ2n) is 7.34. The molecule has 0 spiro atoms. The van der Waals surface area contributed by atoms with Crippen molar-refractivity contribution in [3.05, 3.63) is 80.5 Å². The molecule has 150 valence electrons. The quantitative estimate of drug-likeness (QED) is 0.638. The number of fused-ring (bicyclic) bond motifs is 1. The van der Waals surface area contributed by atoms with E-state index >= 15 is 0 Å². The normalized spacial score (nSPS) is 16.8. The highest BCUT2D eigenvalue weighted by molar-refractivity contribution is 5.96. The number of aromatic nitrogens is 2. The number of ketones is 1. The average Bonchev–Trinajstić information content (AvgIpc) is 2.77. The van der Waals surface area contributed by atoms with E-state index in [9.17, 15) is 14.4 Å². The number of aliphatic hydroxyl groups is 1. The first-order chi connectivity index (χ1) is 14.1. The van der Waals surface area contributed by atoms with Crippen LogP contribution in [-0.2, 0) is 6.54 Å². The Morgan fingerprint density at radius 1 is 1.10 bits per heavy atom. The number of Topliss-reactive ketones (excluding diaryl/α,β-unsaturated/α-hetero) is 1. The average molecular weight is 393 g/mol. The van der Waals surface area contributed by atoms with Gasteiger partial charge in [0.25, 0.3) is 5.56 Å². The number of carbonyl (C=O) groups is 1. The van der Waals surface area contributed by atoms with E-state index < -0.39 is 6.61 Å². The summed E-state index contributed by atoms with van der Waals surface area (Å²) in [6, 6.07) is 13.8. The number of benzene rings is 2. The van der Waals surface area contributed by atoms with Gasteiger partial charge in [-0.2, -0.15) is 0 Å². The fourth-order valence-corrected chi connectivity index (χ4v) is 3.94. The van der Waals surface area contributed by atoms with Gasteiger partial charge in [0.15, 0.2) is 5.78 Å². The molecule has 0 bridgehead atoms. The van der Waals surface area contributed by atoms with Crippen molar-refractivity contribution in [2.45, 2.75) is 25.4 Å². The predicted octanol–water partition coefficient (Wildman–Crippen LogP) is 1.31. The number of piperidine rings is 1. The molecule has 4 rings (SSSR count). The van der Waals surface area contributed by atoms with Gasteiger partial charge in [0.05, 0.1) is 23.5 Å². The highest BCUT2D eigenvalue weighted by atomic mass is 16.3. The van der Waals surface area contributed by atoms with Crippen LogP contribution in [0, 0.1) is 0 Å². The van der Waals surface area contributed by atoms with Crippen molar-refractivity contribution < 1.29 is 9.90 Å². The number of para-hydroxylation sites is 1. The lowest BCUT2D eigenvalue weighted by molar-refractivity contribution is 0.0903. The lowest BCUT2D eigenvalue weighted by atomic mass is 10.1. The number of nitrogens with zero attached hydrogens (tertiary/aromatic N) is 2. The summed E-state index contributed by atoms with van der Waals surface area (Å²) in [5.41, 5.74) is 1.28. The molecule has 0 aliphatic carbocycles. The molecule has 0 amide bonds. The topological polar surface area (TPSA) is 93.3 Å². The molecule has 2 aromatic carbocycles. The Hall–Kier alpha value is -3.03. The summed E-state index contributed by atoms with van der Waals surface area (Å²) in [5.74, 6) is -0.350. The molecular weight excluding hydrogens is 370 g/mol. The smallest absolute Gasteiger partial charge is 0.332 e. The third-order valence-corrected chi connectivity index (χ3v) is 5.48. The van der Waals surface area contributed by atoms with E-state index in [-0.39, 0.29) is 29.6 Å². The highest BCUT2D eigenvalue weighted by Gasteiger charge is 2.22. The molecule has 3 aromatic rings. The largest absolute Gasteiger partial charge is 0.388 e. The highest BCUT2D eigenvalue weighted by Crippen LogP contribution is 2.16. The Bertz CT molecular complexity index is 1160. The van der Waals surface area contributed by atoms with E-state index in [2.05, 4.69) is 5.32 Å². The fourth-order valence-electron chi connectivity index (χ4n) is 3.94. The Labute approximate surface area is 167 Å². The van der Waals surface area contributed by atoms with Crippen LogP contribution in [0.1, 0.15) is 34.8 Å². The molecule has 1 fully saturated rings. The summed E-state index contributed by atoms with van der Waals surface area (Å²) in [6.45, 7) is 1.24. The van der Waals surface area contributed by atoms with Gasteiger partial charge in [0, 0.05) is 12.1 Å². The Morgan fingerprint density at radius 2 is 1.86 bits per heavy atom. The minimum Gasteiger partial charge on any atom is -0.388 e. The van der Waals surface area contributed by atoms with Crippen LogP contribution in [0.4, 0.5) is 0 Å². The first kappa shape index (κ1) is 19.3. The molecule has 7 heteroatoms. The third kappa shape index (κ3) is 3.66. The standard InChI is InChI=1S/C22H23N3O4/c26-14-20(27)16-9-7-15(8-10-16)13-24-19-6-2-1-5-18(19)21(28)25(22(24)29)17-4-3-11-23-12-17/h1-2,5-10,17,23,26H,3-4,11-14H2. The number of carbonyl (C=O) groups excluding carboxylic acids is 1. The lowest BCUT2D eigenvalue weighted by Crippen LogP contribution is -2.46. The van der Waals surface area contributed by atoms with Gasteiger partial charge in [-0.3, -0.25) is 18.7 Å². The molecule has 1 aromatic heterocycles. The van der Waals surface area contributed by atoms with Crippen LogP contribution in [0.5, 0.6) is 0 Å². The van der Waals surface area contributed by atoms with Crippen LogP contribution >= 0.6 is 0 Å². The van der Waals surface area contributed by atoms with Gasteiger partial charge in [0.1, 0.15) is 6.61 Å². The summed E-state index contributed by atoms with van der Waals surface area (Å²) in [6.07, 6.45) is 1.71. The molecular formula is C22H23N3O4. The molecule has 0 saturated carbocycles. The summed E-state index contributed by atoms with van der Waals surface area (Å²) in [7, 11) is 0. The minimum absolute atomic E-state index is 0.163. The summed E-state index contributed by atoms with van der Waals surface area (Å²) in [4.78, 5) is 38.0. The maximum Gasteiger partial charge on any atom is 0.332 e. The van der Waals surface area contributed by atoms with E-state index in [1.807, 2.05) is 6.07 Å². The molecule has 1 aliphatic rings. The molecule has 2 N–H and O–H groups in total. The molecule has 29 heavy (non-hydrogen) atoms. The van der Waals surface area contributed by atoms with Crippen molar-refractivity contribution in [2.75, 3.05) is 19.7 Å². The first-order valence-corrected chi connectivity index (χ1v) is 9.78. The second-order valence-corrected chi connectivity index (χ2v) is 7.34. The molecule has 2 heterocycles. The zero-order valence-electron chi connectivity index (χ0n) is 16.0. The van der Waals surface area contributed by atoms with Crippen molar-refractivity contribution in [3.63, 3.8) is 0 Å². The van der Waals surface area contributed by atoms with Gasteiger partial charge in [-0.25, -0.2) is 4.79 Å². The summed E-state index contributed by atoms with van der Waals surface area (Å²) in [5, 5.41) is 12.8. The van der Waals surface area contributed by atoms with Crippen molar-refractivity contribution >= 4 is 16.7 Å². The number of rotatable bonds is 5. The van der Waals surface area contributed by atoms with Crippen molar-refractivity contribution in [1.29, 1.82) is 0 Å². The van der Waals surface area contributed by atoms with Gasteiger partial charge in [0.2, 0.25) is 0 Å². The van der Waals surface area contributed by atoms with Crippen LogP contribution in [0.15, 0.2) is 58.1 Å². The van der Waals surface area contributed by atoms with Gasteiger partial charge < -0.3 is 10.4 Å². The van der Waals surface area contributed by atoms with Crippen molar-refractivity contribution in [1.82, 2.24) is 14.5 Å². The van der Waals surface area contributed by atoms with Gasteiger partial charge in [-0.15, -0.1) is 0 Å². The molecule has 0 radical (unpaired) electrons. The molecule has 7 nitrogen and oxygen atoms in total. The van der Waals surface area contributed by atoms with Crippen LogP contribution in [-0.4, -0.2) is 39.7 Å². The Balaban J connectivity index is 1.82. The van der Waals surface area contributed by atoms with Crippen LogP contribution < -0.4 is 16.6 Å². The van der Waals surface area contributed by atoms with Gasteiger partial charge in [-0.05, 0) is 37.1 Å². The maximum atomic E-state index is 13.3. The number of aliphatic hydroxyl groups excluding tert-OH is 1. The fraction of sp³-hybridized carbons (Fsp3) is 0.318. The van der Waals surface area contributed by atoms with Crippen LogP contribution in [0.2, 0.25) is 0 Å². The zero-order chi connectivity index (χ0) is 20.4. The molecule has 1 atom stereocenters. The predicted molar refractivity (Wildman–Crippen MR) is 111 cm³/mol. The number of hydrogen-bond acceptors (Lipinski definition) is 5. The maximum absolute atomic E-state index is 13.3. The summed E-state index contributed by atoms with van der Waals surface area (Å²) >= 11 is 0. The molecule has 1 saturated heterocycles. The number of nitrogens with one attached hydrogen (secondary N) is 1. The minimum atomic E-state index is -0.538. The monoisotopic (exact) mass is 393 g/mol. The van der Waals surface area contributed by atoms with E-state index in [1.54, 1.807) is 47.0 Å². The molecule has 1 aliphatic heterocycles. The van der Waals surface area contributed by atoms with E-state index in [4.69, 9.17) is 5.11 Å². The first-order valence-electron chi connectivity index (χ1n) is 9.78. The SMILES string of the molecule is O=C(CO)c1ccc(Cn2c(=O)n(C3CCCNC3)c(=O)c3ccccc32)cc1. The van der Waals surface area contributed by atoms with E-state index in [0.29, 0.717) is 23.0 Å². The van der Waals surface area contributed by atoms with E-state index in [0.717, 1.165) is 24.9 Å². The van der Waals surface area contributed by atoms with Crippen LogP contribution in [0.3, 0.4) is 0 Å². The van der Waals surface area contributed by atoms with Gasteiger partial charge >= 0.3 is 5.69 Å². The van der Waals surface area contributed by atoms with Gasteiger partial charge in [-0.1, -0.05) is 36.4 Å². The molecule has 1 unspecified atom stereocenters. The van der Waals surface area contributed by atoms with Crippen molar-refractivity contribution in [3.8, 4) is 0 Å². The third-order valence-electron chi connectivity index (χ3n) is 5.48. The lowest BCUT2D eigenvalue weighted by Gasteiger charge is -2.25. The zero-order valence-corrected chi connectivity index (χ0v) is 16.0. The number of hydrogen-bond donors (Lipinski definition) is 2. The Kier molecular flexibility index (Phi) is 5.42. The van der Waals surface area contributed by atoms with E-state index in [1.165, 1.54) is 4.57 Å².